The van der Waals surface area contributed by atoms with Crippen molar-refractivity contribution in [2.45, 2.75) is 97.4 Å². The lowest BCUT2D eigenvalue weighted by Gasteiger charge is -2.35. The van der Waals surface area contributed by atoms with E-state index in [9.17, 15) is 0 Å². The second kappa shape index (κ2) is 14.4. The molecule has 1 fully saturated rings. The molecule has 1 saturated heterocycles. The number of carbonyl (C=O) groups is 1. The zero-order valence-electron chi connectivity index (χ0n) is 14.6. The van der Waals surface area contributed by atoms with Gasteiger partial charge in [-0.1, -0.05) is 58.8 Å². The highest BCUT2D eigenvalue weighted by molar-refractivity contribution is 5.62. The smallest absolute Gasteiger partial charge is 0.300 e. The third-order valence-electron chi connectivity index (χ3n) is 4.17. The van der Waals surface area contributed by atoms with E-state index in [1.807, 2.05) is 0 Å². The molecule has 21 heavy (non-hydrogen) atoms. The van der Waals surface area contributed by atoms with E-state index in [-0.39, 0.29) is 0 Å². The minimum Gasteiger partial charge on any atom is -0.481 e. The summed E-state index contributed by atoms with van der Waals surface area (Å²) in [7, 11) is 0. The van der Waals surface area contributed by atoms with E-state index < -0.39 is 5.97 Å². The number of hydrogen-bond donors (Lipinski definition) is 1. The average Bonchev–Trinajstić information content (AvgIpc) is 2.44. The zero-order chi connectivity index (χ0) is 15.9. The normalized spacial score (nSPS) is 18.9. The second-order valence-electron chi connectivity index (χ2n) is 6.26. The largest absolute Gasteiger partial charge is 0.481 e. The van der Waals surface area contributed by atoms with Crippen LogP contribution in [0.2, 0.25) is 0 Å². The Hall–Kier alpha value is -0.570. The molecule has 0 radical (unpaired) electrons. The lowest BCUT2D eigenvalue weighted by molar-refractivity contribution is -0.134. The Morgan fingerprint density at radius 2 is 1.67 bits per heavy atom. The molecule has 1 aliphatic heterocycles. The standard InChI is InChI=1S/C16H33N.C2H4O2/c1-3-5-6-7-8-10-14-17-15-11-9-13-16(17)12-4-2;1-2(3)4/h16H,3-15H2,1-2H3;1H3,(H,3,4). The highest BCUT2D eigenvalue weighted by atomic mass is 16.4. The van der Waals surface area contributed by atoms with Crippen LogP contribution in [0.25, 0.3) is 0 Å². The van der Waals surface area contributed by atoms with Crippen LogP contribution in [-0.4, -0.2) is 35.1 Å². The van der Waals surface area contributed by atoms with Crippen molar-refractivity contribution in [1.82, 2.24) is 4.90 Å². The van der Waals surface area contributed by atoms with Crippen LogP contribution in [0.4, 0.5) is 0 Å². The van der Waals surface area contributed by atoms with E-state index in [0.717, 1.165) is 13.0 Å². The minimum atomic E-state index is -0.833. The van der Waals surface area contributed by atoms with Crippen LogP contribution in [0.1, 0.15) is 91.4 Å². The van der Waals surface area contributed by atoms with Crippen LogP contribution in [0.5, 0.6) is 0 Å². The van der Waals surface area contributed by atoms with E-state index >= 15 is 0 Å². The number of rotatable bonds is 9. The molecule has 0 aromatic rings. The Labute approximate surface area is 132 Å². The van der Waals surface area contributed by atoms with Gasteiger partial charge in [0, 0.05) is 13.0 Å². The van der Waals surface area contributed by atoms with Crippen LogP contribution < -0.4 is 0 Å². The number of aliphatic carboxylic acids is 1. The minimum absolute atomic E-state index is 0.833. The number of hydrogen-bond acceptors (Lipinski definition) is 2. The predicted molar refractivity (Wildman–Crippen MR) is 90.8 cm³/mol. The summed E-state index contributed by atoms with van der Waals surface area (Å²) in [6.07, 6.45) is 15.8. The first-order valence-electron chi connectivity index (χ1n) is 9.05. The van der Waals surface area contributed by atoms with Crippen molar-refractivity contribution in [2.24, 2.45) is 0 Å². The maximum absolute atomic E-state index is 9.00. The molecule has 0 spiro atoms. The maximum atomic E-state index is 9.00. The number of piperidine rings is 1. The Kier molecular flexibility index (Phi) is 14.0. The fraction of sp³-hybridized carbons (Fsp3) is 0.944. The third-order valence-corrected chi connectivity index (χ3v) is 4.17. The molecule has 3 nitrogen and oxygen atoms in total. The molecule has 3 heteroatoms. The molecular weight excluding hydrogens is 262 g/mol. The molecule has 0 amide bonds. The molecule has 0 aromatic heterocycles. The summed E-state index contributed by atoms with van der Waals surface area (Å²) in [6, 6.07) is 0.921. The van der Waals surface area contributed by atoms with Crippen LogP contribution in [0.15, 0.2) is 0 Å². The molecule has 1 atom stereocenters. The van der Waals surface area contributed by atoms with Gasteiger partial charge in [0.2, 0.25) is 0 Å². The van der Waals surface area contributed by atoms with Gasteiger partial charge in [0.1, 0.15) is 0 Å². The number of carboxylic acids is 1. The lowest BCUT2D eigenvalue weighted by atomic mass is 9.98. The Bertz CT molecular complexity index is 237. The SMILES string of the molecule is CC(=O)O.CCCCCCCCN1CCCCC1CCC. The first-order chi connectivity index (χ1) is 10.1. The quantitative estimate of drug-likeness (QED) is 0.603. The van der Waals surface area contributed by atoms with Gasteiger partial charge in [0.25, 0.3) is 5.97 Å². The number of likely N-dealkylation sites (tertiary alicyclic amines) is 1. The molecule has 0 aromatic carbocycles. The highest BCUT2D eigenvalue weighted by Crippen LogP contribution is 2.21. The van der Waals surface area contributed by atoms with Gasteiger partial charge >= 0.3 is 0 Å². The van der Waals surface area contributed by atoms with Crippen molar-refractivity contribution >= 4 is 5.97 Å². The van der Waals surface area contributed by atoms with Crippen LogP contribution in [0, 0.1) is 0 Å². The summed E-state index contributed by atoms with van der Waals surface area (Å²) in [4.78, 5) is 11.8. The molecular formula is C18H37NO2. The van der Waals surface area contributed by atoms with Gasteiger partial charge in [0.15, 0.2) is 0 Å². The number of nitrogens with zero attached hydrogens (tertiary/aromatic N) is 1. The molecule has 0 bridgehead atoms. The summed E-state index contributed by atoms with van der Waals surface area (Å²) in [6.45, 7) is 8.46. The van der Waals surface area contributed by atoms with E-state index in [1.165, 1.54) is 83.7 Å². The van der Waals surface area contributed by atoms with Crippen LogP contribution in [-0.2, 0) is 4.79 Å². The van der Waals surface area contributed by atoms with E-state index in [1.54, 1.807) is 0 Å². The van der Waals surface area contributed by atoms with Gasteiger partial charge in [-0.15, -0.1) is 0 Å². The lowest BCUT2D eigenvalue weighted by Crippen LogP contribution is -2.39. The van der Waals surface area contributed by atoms with Gasteiger partial charge in [-0.2, -0.15) is 0 Å². The summed E-state index contributed by atoms with van der Waals surface area (Å²) in [5.41, 5.74) is 0. The van der Waals surface area contributed by atoms with Gasteiger partial charge in [-0.25, -0.2) is 0 Å². The first kappa shape index (κ1) is 20.4. The van der Waals surface area contributed by atoms with E-state index in [4.69, 9.17) is 9.90 Å². The Morgan fingerprint density at radius 3 is 2.29 bits per heavy atom. The molecule has 126 valence electrons. The fourth-order valence-corrected chi connectivity index (χ4v) is 3.11. The van der Waals surface area contributed by atoms with Crippen LogP contribution in [0.3, 0.4) is 0 Å². The summed E-state index contributed by atoms with van der Waals surface area (Å²) in [5.74, 6) is -0.833. The van der Waals surface area contributed by atoms with Gasteiger partial charge in [-0.05, 0) is 38.8 Å². The van der Waals surface area contributed by atoms with Crippen molar-refractivity contribution in [3.05, 3.63) is 0 Å². The van der Waals surface area contributed by atoms with E-state index in [0.29, 0.717) is 0 Å². The van der Waals surface area contributed by atoms with Crippen molar-refractivity contribution < 1.29 is 9.90 Å². The molecule has 1 rings (SSSR count). The second-order valence-corrected chi connectivity index (χ2v) is 6.26. The topological polar surface area (TPSA) is 40.5 Å². The molecule has 1 aliphatic rings. The van der Waals surface area contributed by atoms with Crippen molar-refractivity contribution in [3.63, 3.8) is 0 Å². The zero-order valence-corrected chi connectivity index (χ0v) is 14.6. The summed E-state index contributed by atoms with van der Waals surface area (Å²) < 4.78 is 0. The highest BCUT2D eigenvalue weighted by Gasteiger charge is 2.20. The van der Waals surface area contributed by atoms with Crippen molar-refractivity contribution in [3.8, 4) is 0 Å². The fourth-order valence-electron chi connectivity index (χ4n) is 3.11. The monoisotopic (exact) mass is 299 g/mol. The molecule has 0 saturated carbocycles. The number of carboxylic acid groups (broad SMARTS) is 1. The number of unbranched alkanes of at least 4 members (excludes halogenated alkanes) is 5. The van der Waals surface area contributed by atoms with Gasteiger partial charge in [-0.3, -0.25) is 4.79 Å². The molecule has 0 aliphatic carbocycles. The van der Waals surface area contributed by atoms with E-state index in [2.05, 4.69) is 18.7 Å². The third kappa shape index (κ3) is 12.9. The van der Waals surface area contributed by atoms with Gasteiger partial charge in [0.05, 0.1) is 0 Å². The predicted octanol–water partition coefficient (Wildman–Crippen LogP) is 5.09. The Morgan fingerprint density at radius 1 is 1.05 bits per heavy atom. The van der Waals surface area contributed by atoms with Crippen molar-refractivity contribution in [2.75, 3.05) is 13.1 Å². The summed E-state index contributed by atoms with van der Waals surface area (Å²) in [5, 5.41) is 7.42. The molecule has 1 unspecified atom stereocenters. The first-order valence-corrected chi connectivity index (χ1v) is 9.05. The molecule has 1 heterocycles. The molecule has 1 N–H and O–H groups in total. The maximum Gasteiger partial charge on any atom is 0.300 e. The van der Waals surface area contributed by atoms with Crippen molar-refractivity contribution in [1.29, 1.82) is 0 Å². The van der Waals surface area contributed by atoms with Crippen LogP contribution >= 0.6 is 0 Å². The Balaban J connectivity index is 0.000000885. The average molecular weight is 299 g/mol. The van der Waals surface area contributed by atoms with Gasteiger partial charge < -0.3 is 10.0 Å². The summed E-state index contributed by atoms with van der Waals surface area (Å²) >= 11 is 0.